The van der Waals surface area contributed by atoms with E-state index in [1.54, 1.807) is 0 Å². The van der Waals surface area contributed by atoms with Crippen molar-refractivity contribution in [3.63, 3.8) is 0 Å². The van der Waals surface area contributed by atoms with E-state index in [0.29, 0.717) is 12.8 Å². The first-order chi connectivity index (χ1) is 11.2. The van der Waals surface area contributed by atoms with Gasteiger partial charge < -0.3 is 9.47 Å². The molecule has 1 spiro atoms. The molecule has 0 bridgehead atoms. The first kappa shape index (κ1) is 20.1. The van der Waals surface area contributed by atoms with Gasteiger partial charge in [0.2, 0.25) is 0 Å². The van der Waals surface area contributed by atoms with E-state index in [-0.39, 0.29) is 24.7 Å². The molecule has 10 heteroatoms. The van der Waals surface area contributed by atoms with Gasteiger partial charge in [0.25, 0.3) is 20.2 Å². The van der Waals surface area contributed by atoms with Gasteiger partial charge in [-0.2, -0.15) is 16.8 Å². The van der Waals surface area contributed by atoms with Crippen molar-refractivity contribution in [2.24, 2.45) is 0 Å². The zero-order valence-corrected chi connectivity index (χ0v) is 15.7. The summed E-state index contributed by atoms with van der Waals surface area (Å²) in [6, 6.07) is 0. The van der Waals surface area contributed by atoms with Crippen LogP contribution >= 0.6 is 0 Å². The Morgan fingerprint density at radius 3 is 1.62 bits per heavy atom. The molecule has 2 rings (SSSR count). The SMILES string of the molecule is CCS(=O)(=O)OC[C@H]1OC2(CCCCC2)O[C@@H]1COS(=O)(=O)CC. The minimum atomic E-state index is -3.62. The number of rotatable bonds is 8. The summed E-state index contributed by atoms with van der Waals surface area (Å²) in [5.74, 6) is -1.07. The molecule has 1 aliphatic heterocycles. The van der Waals surface area contributed by atoms with Crippen LogP contribution in [0.1, 0.15) is 46.0 Å². The molecule has 0 N–H and O–H groups in total. The molecule has 2 aliphatic rings. The number of hydrogen-bond donors (Lipinski definition) is 0. The lowest BCUT2D eigenvalue weighted by molar-refractivity contribution is -0.196. The highest BCUT2D eigenvalue weighted by Crippen LogP contribution is 2.40. The average molecular weight is 386 g/mol. The first-order valence-corrected chi connectivity index (χ1v) is 11.5. The molecule has 2 atom stereocenters. The van der Waals surface area contributed by atoms with E-state index in [9.17, 15) is 16.8 Å². The Labute approximate surface area is 144 Å². The van der Waals surface area contributed by atoms with Gasteiger partial charge in [0, 0.05) is 12.8 Å². The number of ether oxygens (including phenoxy) is 2. The molecule has 0 aromatic rings. The van der Waals surface area contributed by atoms with Crippen LogP contribution in [0.4, 0.5) is 0 Å². The highest BCUT2D eigenvalue weighted by Gasteiger charge is 2.48. The van der Waals surface area contributed by atoms with Crippen LogP contribution < -0.4 is 0 Å². The largest absolute Gasteiger partial charge is 0.341 e. The van der Waals surface area contributed by atoms with Gasteiger partial charge in [-0.3, -0.25) is 8.37 Å². The number of hydrogen-bond acceptors (Lipinski definition) is 8. The Morgan fingerprint density at radius 1 is 0.833 bits per heavy atom. The van der Waals surface area contributed by atoms with Crippen molar-refractivity contribution in [3.8, 4) is 0 Å². The Balaban J connectivity index is 2.04. The van der Waals surface area contributed by atoms with Crippen molar-refractivity contribution in [2.75, 3.05) is 24.7 Å². The molecular formula is C14H26O8S2. The molecule has 0 aromatic carbocycles. The normalized spacial score (nSPS) is 27.6. The van der Waals surface area contributed by atoms with Gasteiger partial charge in [0.05, 0.1) is 24.7 Å². The summed E-state index contributed by atoms with van der Waals surface area (Å²) in [6.07, 6.45) is 3.00. The third kappa shape index (κ3) is 5.37. The summed E-state index contributed by atoms with van der Waals surface area (Å²) >= 11 is 0. The summed E-state index contributed by atoms with van der Waals surface area (Å²) in [4.78, 5) is 0. The van der Waals surface area contributed by atoms with Crippen molar-refractivity contribution in [1.82, 2.24) is 0 Å². The molecule has 142 valence electrons. The second-order valence-electron chi connectivity index (χ2n) is 6.05. The zero-order chi connectivity index (χ0) is 17.8. The lowest BCUT2D eigenvalue weighted by Crippen LogP contribution is -2.34. The summed E-state index contributed by atoms with van der Waals surface area (Å²) in [5.41, 5.74) is 0. The monoisotopic (exact) mass is 386 g/mol. The van der Waals surface area contributed by atoms with Crippen molar-refractivity contribution >= 4 is 20.2 Å². The predicted molar refractivity (Wildman–Crippen MR) is 86.4 cm³/mol. The van der Waals surface area contributed by atoms with E-state index < -0.39 is 38.2 Å². The molecule has 8 nitrogen and oxygen atoms in total. The molecule has 0 unspecified atom stereocenters. The van der Waals surface area contributed by atoms with Crippen molar-refractivity contribution in [1.29, 1.82) is 0 Å². The molecule has 0 radical (unpaired) electrons. The first-order valence-electron chi connectivity index (χ1n) is 8.31. The highest BCUT2D eigenvalue weighted by atomic mass is 32.2. The van der Waals surface area contributed by atoms with Crippen LogP contribution in [0.15, 0.2) is 0 Å². The lowest BCUT2D eigenvalue weighted by Gasteiger charge is -2.31. The fourth-order valence-electron chi connectivity index (χ4n) is 2.85. The molecule has 0 amide bonds. The standard InChI is InChI=1S/C14H26O8S2/c1-3-23(15,16)19-10-12-13(11-20-24(17,18)4-2)22-14(21-12)8-6-5-7-9-14/h12-13H,3-11H2,1-2H3/t12-,13-/m1/s1. The quantitative estimate of drug-likeness (QED) is 0.572. The van der Waals surface area contributed by atoms with E-state index >= 15 is 0 Å². The summed E-state index contributed by atoms with van der Waals surface area (Å²) in [7, 11) is -7.23. The van der Waals surface area contributed by atoms with Crippen molar-refractivity contribution in [2.45, 2.75) is 63.9 Å². The molecule has 1 heterocycles. The van der Waals surface area contributed by atoms with Gasteiger partial charge in [0.15, 0.2) is 5.79 Å². The van der Waals surface area contributed by atoms with Crippen LogP contribution in [0.25, 0.3) is 0 Å². The van der Waals surface area contributed by atoms with Crippen molar-refractivity contribution < 1.29 is 34.7 Å². The zero-order valence-electron chi connectivity index (χ0n) is 14.1. The van der Waals surface area contributed by atoms with E-state index in [0.717, 1.165) is 19.3 Å². The van der Waals surface area contributed by atoms with Gasteiger partial charge in [-0.15, -0.1) is 0 Å². The van der Waals surface area contributed by atoms with Gasteiger partial charge in [-0.25, -0.2) is 0 Å². The second-order valence-corrected chi connectivity index (χ2v) is 9.90. The minimum absolute atomic E-state index is 0.142. The molecular weight excluding hydrogens is 360 g/mol. The van der Waals surface area contributed by atoms with Gasteiger partial charge in [-0.1, -0.05) is 6.42 Å². The summed E-state index contributed by atoms with van der Waals surface area (Å²) in [6.45, 7) is 2.55. The summed E-state index contributed by atoms with van der Waals surface area (Å²) < 4.78 is 68.0. The third-order valence-electron chi connectivity index (χ3n) is 4.29. The lowest BCUT2D eigenvalue weighted by atomic mass is 9.94. The summed E-state index contributed by atoms with van der Waals surface area (Å²) in [5, 5.41) is 0. The maximum absolute atomic E-state index is 11.5. The van der Waals surface area contributed by atoms with E-state index in [1.807, 2.05) is 0 Å². The van der Waals surface area contributed by atoms with E-state index in [4.69, 9.17) is 17.8 Å². The fraction of sp³-hybridized carbons (Fsp3) is 1.00. The molecule has 24 heavy (non-hydrogen) atoms. The molecule has 1 saturated heterocycles. The molecule has 2 fully saturated rings. The Morgan fingerprint density at radius 2 is 1.25 bits per heavy atom. The molecule has 1 saturated carbocycles. The van der Waals surface area contributed by atoms with Gasteiger partial charge >= 0.3 is 0 Å². The van der Waals surface area contributed by atoms with Crippen LogP contribution in [0.2, 0.25) is 0 Å². The molecule has 1 aliphatic carbocycles. The van der Waals surface area contributed by atoms with Crippen LogP contribution in [-0.2, 0) is 38.1 Å². The van der Waals surface area contributed by atoms with Gasteiger partial charge in [0.1, 0.15) is 12.2 Å². The Hall–Kier alpha value is -0.260. The van der Waals surface area contributed by atoms with Crippen molar-refractivity contribution in [3.05, 3.63) is 0 Å². The average Bonchev–Trinajstić information content (AvgIpc) is 2.89. The van der Waals surface area contributed by atoms with Crippen LogP contribution in [0, 0.1) is 0 Å². The van der Waals surface area contributed by atoms with Crippen LogP contribution in [-0.4, -0.2) is 59.6 Å². The van der Waals surface area contributed by atoms with E-state index in [1.165, 1.54) is 13.8 Å². The maximum Gasteiger partial charge on any atom is 0.267 e. The van der Waals surface area contributed by atoms with Crippen LogP contribution in [0.3, 0.4) is 0 Å². The topological polar surface area (TPSA) is 105 Å². The van der Waals surface area contributed by atoms with E-state index in [2.05, 4.69) is 0 Å². The third-order valence-corrected chi connectivity index (χ3v) is 6.70. The second kappa shape index (κ2) is 7.96. The Bertz CT molecular complexity index is 559. The smallest absolute Gasteiger partial charge is 0.267 e. The van der Waals surface area contributed by atoms with Gasteiger partial charge in [-0.05, 0) is 26.7 Å². The minimum Gasteiger partial charge on any atom is -0.341 e. The maximum atomic E-state index is 11.5. The van der Waals surface area contributed by atoms with Crippen LogP contribution in [0.5, 0.6) is 0 Å². The fourth-order valence-corrected chi connectivity index (χ4v) is 3.86. The highest BCUT2D eigenvalue weighted by molar-refractivity contribution is 7.86. The predicted octanol–water partition coefficient (Wildman–Crippen LogP) is 1.16. The Kier molecular flexibility index (Phi) is 6.65. The molecule has 0 aromatic heterocycles.